The zero-order valence-corrected chi connectivity index (χ0v) is 15.9. The highest BCUT2D eigenvalue weighted by Gasteiger charge is 2.15. The van der Waals surface area contributed by atoms with Gasteiger partial charge in [-0.1, -0.05) is 61.7 Å². The fourth-order valence-corrected chi connectivity index (χ4v) is 3.58. The summed E-state index contributed by atoms with van der Waals surface area (Å²) in [5.74, 6) is 1.20. The molecule has 2 aromatic carbocycles. The van der Waals surface area contributed by atoms with Crippen LogP contribution in [0.1, 0.15) is 37.7 Å². The molecule has 4 nitrogen and oxygen atoms in total. The van der Waals surface area contributed by atoms with E-state index in [1.165, 1.54) is 31.4 Å². The van der Waals surface area contributed by atoms with Gasteiger partial charge in [0.15, 0.2) is 0 Å². The predicted octanol–water partition coefficient (Wildman–Crippen LogP) is 5.64. The maximum Gasteiger partial charge on any atom is 0.225 e. The second-order valence-corrected chi connectivity index (χ2v) is 7.29. The Hall–Kier alpha value is -2.95. The third kappa shape index (κ3) is 4.85. The zero-order valence-electron chi connectivity index (χ0n) is 15.9. The van der Waals surface area contributed by atoms with Crippen molar-refractivity contribution in [2.45, 2.75) is 44.7 Å². The first-order valence-electron chi connectivity index (χ1n) is 9.96. The molecule has 0 aliphatic heterocycles. The molecule has 0 radical (unpaired) electrons. The van der Waals surface area contributed by atoms with Gasteiger partial charge in [-0.15, -0.1) is 0 Å². The third-order valence-electron chi connectivity index (χ3n) is 5.12. The average Bonchev–Trinajstić information content (AvgIpc) is 2.75. The molecule has 144 valence electrons. The van der Waals surface area contributed by atoms with Crippen LogP contribution in [-0.2, 0) is 6.54 Å². The van der Waals surface area contributed by atoms with Crippen LogP contribution in [0.3, 0.4) is 0 Å². The number of benzene rings is 2. The van der Waals surface area contributed by atoms with E-state index in [-0.39, 0.29) is 5.82 Å². The maximum absolute atomic E-state index is 13.1. The minimum Gasteiger partial charge on any atom is -0.366 e. The number of anilines is 2. The van der Waals surface area contributed by atoms with Crippen LogP contribution in [0.2, 0.25) is 0 Å². The average molecular weight is 376 g/mol. The third-order valence-corrected chi connectivity index (χ3v) is 5.12. The van der Waals surface area contributed by atoms with Gasteiger partial charge in [-0.3, -0.25) is 0 Å². The summed E-state index contributed by atoms with van der Waals surface area (Å²) in [6.07, 6.45) is 6.15. The minimum absolute atomic E-state index is 0.226. The lowest BCUT2D eigenvalue weighted by atomic mass is 9.96. The molecule has 5 heteroatoms. The minimum atomic E-state index is -0.226. The zero-order chi connectivity index (χ0) is 19.2. The lowest BCUT2D eigenvalue weighted by Crippen LogP contribution is -2.23. The van der Waals surface area contributed by atoms with E-state index in [2.05, 4.69) is 27.8 Å². The summed E-state index contributed by atoms with van der Waals surface area (Å²) in [6, 6.07) is 19.0. The summed E-state index contributed by atoms with van der Waals surface area (Å²) < 4.78 is 13.1. The number of nitrogens with zero attached hydrogens (tertiary/aromatic N) is 2. The van der Waals surface area contributed by atoms with Crippen molar-refractivity contribution >= 4 is 11.8 Å². The van der Waals surface area contributed by atoms with E-state index in [4.69, 9.17) is 4.98 Å². The van der Waals surface area contributed by atoms with Crippen molar-refractivity contribution in [2.75, 3.05) is 10.6 Å². The van der Waals surface area contributed by atoms with Crippen LogP contribution in [0, 0.1) is 5.82 Å². The van der Waals surface area contributed by atoms with Gasteiger partial charge in [-0.05, 0) is 30.5 Å². The normalized spacial score (nSPS) is 14.6. The summed E-state index contributed by atoms with van der Waals surface area (Å²) in [5.41, 5.74) is 2.94. The maximum atomic E-state index is 13.1. The SMILES string of the molecule is Fc1ccc(CNc2cc(-c3ccccc3)nc(NC3CCCCC3)n2)cc1. The van der Waals surface area contributed by atoms with Gasteiger partial charge in [0.05, 0.1) is 5.69 Å². The molecule has 0 spiro atoms. The number of rotatable bonds is 6. The molecule has 2 N–H and O–H groups in total. The highest BCUT2D eigenvalue weighted by molar-refractivity contribution is 5.64. The smallest absolute Gasteiger partial charge is 0.225 e. The van der Waals surface area contributed by atoms with Crippen LogP contribution in [0.25, 0.3) is 11.3 Å². The van der Waals surface area contributed by atoms with Crippen LogP contribution in [0.5, 0.6) is 0 Å². The molecular formula is C23H25FN4. The molecule has 3 aromatic rings. The van der Waals surface area contributed by atoms with Crippen molar-refractivity contribution in [1.29, 1.82) is 0 Å². The van der Waals surface area contributed by atoms with E-state index < -0.39 is 0 Å². The molecular weight excluding hydrogens is 351 g/mol. The summed E-state index contributed by atoms with van der Waals surface area (Å²) in [4.78, 5) is 9.43. The first kappa shape index (κ1) is 18.4. The molecule has 1 saturated carbocycles. The van der Waals surface area contributed by atoms with Crippen molar-refractivity contribution in [3.8, 4) is 11.3 Å². The molecule has 1 aromatic heterocycles. The van der Waals surface area contributed by atoms with Crippen LogP contribution in [0.4, 0.5) is 16.2 Å². The summed E-state index contributed by atoms with van der Waals surface area (Å²) >= 11 is 0. The Labute approximate surface area is 165 Å². The fourth-order valence-electron chi connectivity index (χ4n) is 3.58. The number of halogens is 1. The monoisotopic (exact) mass is 376 g/mol. The molecule has 0 bridgehead atoms. The van der Waals surface area contributed by atoms with Gasteiger partial charge in [0.25, 0.3) is 0 Å². The summed E-state index contributed by atoms with van der Waals surface area (Å²) in [5, 5.41) is 6.88. The van der Waals surface area contributed by atoms with E-state index >= 15 is 0 Å². The number of nitrogens with one attached hydrogen (secondary N) is 2. The van der Waals surface area contributed by atoms with Gasteiger partial charge >= 0.3 is 0 Å². The van der Waals surface area contributed by atoms with Gasteiger partial charge in [0, 0.05) is 24.2 Å². The molecule has 0 atom stereocenters. The van der Waals surface area contributed by atoms with E-state index in [1.54, 1.807) is 12.1 Å². The van der Waals surface area contributed by atoms with Crippen molar-refractivity contribution in [3.05, 3.63) is 72.0 Å². The Morgan fingerprint density at radius 1 is 0.893 bits per heavy atom. The van der Waals surface area contributed by atoms with Gasteiger partial charge < -0.3 is 10.6 Å². The van der Waals surface area contributed by atoms with E-state index in [1.807, 2.05) is 24.3 Å². The van der Waals surface area contributed by atoms with Crippen molar-refractivity contribution < 1.29 is 4.39 Å². The lowest BCUT2D eigenvalue weighted by molar-refractivity contribution is 0.461. The first-order valence-corrected chi connectivity index (χ1v) is 9.96. The lowest BCUT2D eigenvalue weighted by Gasteiger charge is -2.23. The van der Waals surface area contributed by atoms with Crippen molar-refractivity contribution in [2.24, 2.45) is 0 Å². The molecule has 4 rings (SSSR count). The molecule has 0 unspecified atom stereocenters. The Morgan fingerprint density at radius 3 is 2.39 bits per heavy atom. The number of aromatic nitrogens is 2. The second kappa shape index (κ2) is 8.83. The predicted molar refractivity (Wildman–Crippen MR) is 112 cm³/mol. The van der Waals surface area contributed by atoms with E-state index in [0.717, 1.165) is 35.5 Å². The quantitative estimate of drug-likeness (QED) is 0.584. The van der Waals surface area contributed by atoms with Gasteiger partial charge in [0.2, 0.25) is 5.95 Å². The number of hydrogen-bond acceptors (Lipinski definition) is 4. The molecule has 1 aliphatic carbocycles. The second-order valence-electron chi connectivity index (χ2n) is 7.29. The largest absolute Gasteiger partial charge is 0.366 e. The Balaban J connectivity index is 1.56. The van der Waals surface area contributed by atoms with Gasteiger partial charge in [0.1, 0.15) is 11.6 Å². The van der Waals surface area contributed by atoms with E-state index in [0.29, 0.717) is 18.5 Å². The molecule has 28 heavy (non-hydrogen) atoms. The first-order chi connectivity index (χ1) is 13.8. The highest BCUT2D eigenvalue weighted by atomic mass is 19.1. The topological polar surface area (TPSA) is 49.8 Å². The van der Waals surface area contributed by atoms with Crippen LogP contribution in [-0.4, -0.2) is 16.0 Å². The van der Waals surface area contributed by atoms with Gasteiger partial charge in [-0.25, -0.2) is 9.37 Å². The molecule has 1 heterocycles. The molecule has 0 amide bonds. The Bertz CT molecular complexity index is 890. The van der Waals surface area contributed by atoms with Crippen LogP contribution in [0.15, 0.2) is 60.7 Å². The standard InChI is InChI=1S/C23H25FN4/c24-19-13-11-17(12-14-19)16-25-22-15-21(18-7-3-1-4-8-18)27-23(28-22)26-20-9-5-2-6-10-20/h1,3-4,7-8,11-15,20H,2,5-6,9-10,16H2,(H2,25,26,27,28). The van der Waals surface area contributed by atoms with Gasteiger partial charge in [-0.2, -0.15) is 4.98 Å². The summed E-state index contributed by atoms with van der Waals surface area (Å²) in [7, 11) is 0. The van der Waals surface area contributed by atoms with Crippen molar-refractivity contribution in [1.82, 2.24) is 9.97 Å². The Kier molecular flexibility index (Phi) is 5.80. The Morgan fingerprint density at radius 2 is 1.64 bits per heavy atom. The highest BCUT2D eigenvalue weighted by Crippen LogP contribution is 2.24. The van der Waals surface area contributed by atoms with Crippen LogP contribution >= 0.6 is 0 Å². The molecule has 1 fully saturated rings. The molecule has 1 aliphatic rings. The summed E-state index contributed by atoms with van der Waals surface area (Å²) in [6.45, 7) is 0.578. The van der Waals surface area contributed by atoms with E-state index in [9.17, 15) is 4.39 Å². The van der Waals surface area contributed by atoms with Crippen LogP contribution < -0.4 is 10.6 Å². The molecule has 0 saturated heterocycles. The van der Waals surface area contributed by atoms with Crippen molar-refractivity contribution in [3.63, 3.8) is 0 Å². The number of hydrogen-bond donors (Lipinski definition) is 2. The fraction of sp³-hybridized carbons (Fsp3) is 0.304.